The number of urea groups is 1. The van der Waals surface area contributed by atoms with E-state index >= 15 is 0 Å². The maximum Gasteiger partial charge on any atom is 0.321 e. The van der Waals surface area contributed by atoms with Crippen LogP contribution in [0.3, 0.4) is 0 Å². The third-order valence-electron chi connectivity index (χ3n) is 2.47. The molecule has 0 aliphatic rings. The largest absolute Gasteiger partial charge is 0.338 e. The molecular weight excluding hydrogens is 249 g/mol. The van der Waals surface area contributed by atoms with Crippen LogP contribution in [0.25, 0.3) is 0 Å². The third kappa shape index (κ3) is 5.96. The number of rotatable bonds is 5. The summed E-state index contributed by atoms with van der Waals surface area (Å²) >= 11 is 0. The lowest BCUT2D eigenvalue weighted by atomic mass is 10.2. The molecule has 1 aromatic rings. The van der Waals surface area contributed by atoms with Crippen LogP contribution < -0.4 is 15.5 Å². The molecule has 3 N–H and O–H groups in total. The number of carbonyl (C=O) groups is 2. The monoisotopic (exact) mass is 268 g/mol. The van der Waals surface area contributed by atoms with Gasteiger partial charge in [0.15, 0.2) is 6.54 Å². The molecule has 0 radical (unpaired) electrons. The number of quaternary nitrogens is 1. The molecule has 19 heavy (non-hydrogen) atoms. The van der Waals surface area contributed by atoms with Crippen molar-refractivity contribution in [3.8, 4) is 0 Å². The van der Waals surface area contributed by atoms with E-state index in [1.54, 1.807) is 19.1 Å². The fourth-order valence-electron chi connectivity index (χ4n) is 1.66. The Kier molecular flexibility index (Phi) is 5.95. The second kappa shape index (κ2) is 7.48. The lowest BCUT2D eigenvalue weighted by Crippen LogP contribution is -3.09. The van der Waals surface area contributed by atoms with Crippen molar-refractivity contribution in [1.29, 1.82) is 0 Å². The number of halogens is 1. The van der Waals surface area contributed by atoms with Gasteiger partial charge in [-0.05, 0) is 19.1 Å². The van der Waals surface area contributed by atoms with Crippen LogP contribution in [0.1, 0.15) is 12.5 Å². The Labute approximate surface area is 111 Å². The fourth-order valence-corrected chi connectivity index (χ4v) is 1.66. The van der Waals surface area contributed by atoms with Gasteiger partial charge in [-0.25, -0.2) is 9.18 Å². The molecule has 1 unspecified atom stereocenters. The van der Waals surface area contributed by atoms with E-state index in [4.69, 9.17) is 0 Å². The summed E-state index contributed by atoms with van der Waals surface area (Å²) in [6.45, 7) is 3.00. The molecule has 0 saturated heterocycles. The molecule has 0 heterocycles. The first-order chi connectivity index (χ1) is 9.01. The molecule has 5 nitrogen and oxygen atoms in total. The second-order valence-electron chi connectivity index (χ2n) is 4.34. The summed E-state index contributed by atoms with van der Waals surface area (Å²) in [7, 11) is 1.83. The normalized spacial score (nSPS) is 11.7. The molecular formula is C13H19FN3O2+. The van der Waals surface area contributed by atoms with E-state index in [-0.39, 0.29) is 18.3 Å². The molecule has 104 valence electrons. The number of amides is 3. The summed E-state index contributed by atoms with van der Waals surface area (Å²) in [5, 5.41) is 4.72. The highest BCUT2D eigenvalue weighted by Gasteiger charge is 2.12. The van der Waals surface area contributed by atoms with Crippen LogP contribution in [0.4, 0.5) is 9.18 Å². The minimum absolute atomic E-state index is 0.175. The van der Waals surface area contributed by atoms with E-state index in [1.165, 1.54) is 12.1 Å². The van der Waals surface area contributed by atoms with Gasteiger partial charge in [0.05, 0.1) is 7.05 Å². The van der Waals surface area contributed by atoms with Crippen molar-refractivity contribution in [2.75, 3.05) is 20.1 Å². The number of hydrogen-bond donors (Lipinski definition) is 3. The predicted octanol–water partition coefficient (Wildman–Crippen LogP) is -0.314. The molecule has 0 spiro atoms. The Balaban J connectivity index is 2.38. The Morgan fingerprint density at radius 1 is 1.26 bits per heavy atom. The van der Waals surface area contributed by atoms with Gasteiger partial charge in [0.1, 0.15) is 12.4 Å². The van der Waals surface area contributed by atoms with E-state index in [0.29, 0.717) is 13.1 Å². The van der Waals surface area contributed by atoms with Crippen LogP contribution >= 0.6 is 0 Å². The first kappa shape index (κ1) is 15.1. The fraction of sp³-hybridized carbons (Fsp3) is 0.385. The van der Waals surface area contributed by atoms with Crippen molar-refractivity contribution in [1.82, 2.24) is 10.6 Å². The van der Waals surface area contributed by atoms with Crippen molar-refractivity contribution >= 4 is 11.9 Å². The topological polar surface area (TPSA) is 62.6 Å². The first-order valence-corrected chi connectivity index (χ1v) is 6.14. The maximum absolute atomic E-state index is 12.7. The van der Waals surface area contributed by atoms with E-state index in [1.807, 2.05) is 7.05 Å². The van der Waals surface area contributed by atoms with E-state index in [0.717, 1.165) is 10.5 Å². The van der Waals surface area contributed by atoms with Crippen LogP contribution in [0.5, 0.6) is 0 Å². The summed E-state index contributed by atoms with van der Waals surface area (Å²) in [5.41, 5.74) is 0.935. The summed E-state index contributed by atoms with van der Waals surface area (Å²) < 4.78 is 12.7. The number of benzene rings is 1. The Bertz CT molecular complexity index is 434. The third-order valence-corrected chi connectivity index (χ3v) is 2.47. The SMILES string of the molecule is CCNC(=O)NC(=O)C[NH+](C)Cc1ccc(F)cc1. The average Bonchev–Trinajstić information content (AvgIpc) is 2.32. The number of imide groups is 1. The van der Waals surface area contributed by atoms with Crippen molar-refractivity contribution in [3.63, 3.8) is 0 Å². The van der Waals surface area contributed by atoms with Gasteiger partial charge in [0.25, 0.3) is 5.91 Å². The standard InChI is InChI=1S/C13H18FN3O2/c1-3-15-13(19)16-12(18)9-17(2)8-10-4-6-11(14)7-5-10/h4-7H,3,8-9H2,1-2H3,(H2,15,16,18,19)/p+1. The van der Waals surface area contributed by atoms with Gasteiger partial charge in [0, 0.05) is 12.1 Å². The molecule has 0 fully saturated rings. The molecule has 3 amide bonds. The molecule has 1 atom stereocenters. The summed E-state index contributed by atoms with van der Waals surface area (Å²) in [4.78, 5) is 23.6. The molecule has 0 bridgehead atoms. The second-order valence-corrected chi connectivity index (χ2v) is 4.34. The summed E-state index contributed by atoms with van der Waals surface area (Å²) in [6.07, 6.45) is 0. The zero-order chi connectivity index (χ0) is 14.3. The van der Waals surface area contributed by atoms with Crippen molar-refractivity contribution in [2.45, 2.75) is 13.5 Å². The van der Waals surface area contributed by atoms with Gasteiger partial charge in [0.2, 0.25) is 0 Å². The quantitative estimate of drug-likeness (QED) is 0.686. The van der Waals surface area contributed by atoms with Gasteiger partial charge in [-0.2, -0.15) is 0 Å². The maximum atomic E-state index is 12.7. The van der Waals surface area contributed by atoms with Gasteiger partial charge in [-0.15, -0.1) is 0 Å². The van der Waals surface area contributed by atoms with Crippen molar-refractivity contribution in [3.05, 3.63) is 35.6 Å². The summed E-state index contributed by atoms with van der Waals surface area (Å²) in [6, 6.07) is 5.65. The van der Waals surface area contributed by atoms with Crippen molar-refractivity contribution < 1.29 is 18.9 Å². The molecule has 0 aliphatic carbocycles. The van der Waals surface area contributed by atoms with Gasteiger partial charge in [-0.3, -0.25) is 10.1 Å². The molecule has 0 aliphatic heterocycles. The molecule has 1 aromatic carbocycles. The first-order valence-electron chi connectivity index (χ1n) is 6.14. The van der Waals surface area contributed by atoms with Crippen LogP contribution in [-0.4, -0.2) is 32.1 Å². The Morgan fingerprint density at radius 3 is 2.47 bits per heavy atom. The number of carbonyl (C=O) groups excluding carboxylic acids is 2. The van der Waals surface area contributed by atoms with E-state index in [2.05, 4.69) is 10.6 Å². The molecule has 6 heteroatoms. The smallest absolute Gasteiger partial charge is 0.321 e. The predicted molar refractivity (Wildman–Crippen MR) is 69.1 cm³/mol. The van der Waals surface area contributed by atoms with Gasteiger partial charge < -0.3 is 10.2 Å². The Hall–Kier alpha value is -1.95. The zero-order valence-electron chi connectivity index (χ0n) is 11.1. The van der Waals surface area contributed by atoms with Crippen LogP contribution in [0.15, 0.2) is 24.3 Å². The van der Waals surface area contributed by atoms with Gasteiger partial charge in [-0.1, -0.05) is 12.1 Å². The van der Waals surface area contributed by atoms with Crippen LogP contribution in [0, 0.1) is 5.82 Å². The molecule has 0 aromatic heterocycles. The summed E-state index contributed by atoms with van der Waals surface area (Å²) in [5.74, 6) is -0.624. The lowest BCUT2D eigenvalue weighted by molar-refractivity contribution is -0.885. The number of nitrogens with one attached hydrogen (secondary N) is 3. The van der Waals surface area contributed by atoms with Crippen LogP contribution in [-0.2, 0) is 11.3 Å². The van der Waals surface area contributed by atoms with Crippen molar-refractivity contribution in [2.24, 2.45) is 0 Å². The highest BCUT2D eigenvalue weighted by atomic mass is 19.1. The highest BCUT2D eigenvalue weighted by Crippen LogP contribution is 2.00. The number of hydrogen-bond acceptors (Lipinski definition) is 2. The molecule has 1 rings (SSSR count). The minimum Gasteiger partial charge on any atom is -0.338 e. The average molecular weight is 268 g/mol. The van der Waals surface area contributed by atoms with Gasteiger partial charge >= 0.3 is 6.03 Å². The minimum atomic E-state index is -0.484. The van der Waals surface area contributed by atoms with E-state index in [9.17, 15) is 14.0 Å². The zero-order valence-corrected chi connectivity index (χ0v) is 11.1. The van der Waals surface area contributed by atoms with E-state index < -0.39 is 6.03 Å². The highest BCUT2D eigenvalue weighted by molar-refractivity contribution is 5.94. The van der Waals surface area contributed by atoms with Crippen LogP contribution in [0.2, 0.25) is 0 Å². The number of likely N-dealkylation sites (N-methyl/N-ethyl adjacent to an activating group) is 1. The molecule has 0 saturated carbocycles. The lowest BCUT2D eigenvalue weighted by Gasteiger charge is -2.13. The Morgan fingerprint density at radius 2 is 1.89 bits per heavy atom.